The summed E-state index contributed by atoms with van der Waals surface area (Å²) in [5.74, 6) is 0.739. The molecule has 10 heavy (non-hydrogen) atoms. The molecular formula is C10H16. The first-order valence-corrected chi connectivity index (χ1v) is 4.16. The van der Waals surface area contributed by atoms with Crippen molar-refractivity contribution in [3.05, 3.63) is 23.8 Å². The minimum atomic E-state index is 0.739. The lowest BCUT2D eigenvalue weighted by atomic mass is 9.99. The van der Waals surface area contributed by atoms with Gasteiger partial charge in [-0.05, 0) is 25.2 Å². The molecule has 0 saturated carbocycles. The summed E-state index contributed by atoms with van der Waals surface area (Å²) in [6, 6.07) is 0. The first kappa shape index (κ1) is 7.59. The van der Waals surface area contributed by atoms with Gasteiger partial charge in [-0.3, -0.25) is 0 Å². The van der Waals surface area contributed by atoms with Crippen LogP contribution in [-0.2, 0) is 0 Å². The van der Waals surface area contributed by atoms with Crippen molar-refractivity contribution >= 4 is 0 Å². The van der Waals surface area contributed by atoms with Gasteiger partial charge in [-0.15, -0.1) is 0 Å². The Labute approximate surface area is 63.6 Å². The highest BCUT2D eigenvalue weighted by atomic mass is 14.1. The van der Waals surface area contributed by atoms with Crippen molar-refractivity contribution in [2.75, 3.05) is 0 Å². The Kier molecular flexibility index (Phi) is 2.73. The summed E-state index contributed by atoms with van der Waals surface area (Å²) in [6.45, 7) is 4.54. The molecular weight excluding hydrogens is 120 g/mol. The molecule has 0 amide bonds. The van der Waals surface area contributed by atoms with Crippen LogP contribution in [0.4, 0.5) is 0 Å². The predicted octanol–water partition coefficient (Wildman–Crippen LogP) is 3.31. The normalized spacial score (nSPS) is 18.9. The molecule has 0 heterocycles. The van der Waals surface area contributed by atoms with E-state index in [1.54, 1.807) is 5.57 Å². The summed E-state index contributed by atoms with van der Waals surface area (Å²) in [4.78, 5) is 0. The van der Waals surface area contributed by atoms with E-state index in [2.05, 4.69) is 32.1 Å². The number of hydrogen-bond donors (Lipinski definition) is 0. The molecule has 1 aliphatic carbocycles. The molecule has 0 spiro atoms. The predicted molar refractivity (Wildman–Crippen MR) is 45.9 cm³/mol. The summed E-state index contributed by atoms with van der Waals surface area (Å²) in [5.41, 5.74) is 1.61. The molecule has 0 heteroatoms. The van der Waals surface area contributed by atoms with Crippen molar-refractivity contribution in [2.24, 2.45) is 5.92 Å². The average Bonchev–Trinajstić information content (AvgIpc) is 2.12. The zero-order chi connectivity index (χ0) is 7.40. The van der Waals surface area contributed by atoms with E-state index in [4.69, 9.17) is 0 Å². The highest BCUT2D eigenvalue weighted by Gasteiger charge is 2.02. The van der Waals surface area contributed by atoms with Crippen molar-refractivity contribution in [1.82, 2.24) is 0 Å². The van der Waals surface area contributed by atoms with Gasteiger partial charge in [0.25, 0.3) is 0 Å². The van der Waals surface area contributed by atoms with E-state index in [9.17, 15) is 0 Å². The van der Waals surface area contributed by atoms with Crippen LogP contribution in [0.1, 0.15) is 33.1 Å². The van der Waals surface area contributed by atoms with Crippen molar-refractivity contribution in [2.45, 2.75) is 33.1 Å². The molecule has 1 aliphatic rings. The third kappa shape index (κ3) is 2.02. The summed E-state index contributed by atoms with van der Waals surface area (Å²) in [5, 5.41) is 0. The Morgan fingerprint density at radius 2 is 2.20 bits per heavy atom. The molecule has 0 nitrogen and oxygen atoms in total. The Bertz CT molecular complexity index is 149. The lowest BCUT2D eigenvalue weighted by Gasteiger charge is -2.07. The number of hydrogen-bond acceptors (Lipinski definition) is 0. The summed E-state index contributed by atoms with van der Waals surface area (Å²) >= 11 is 0. The minimum Gasteiger partial charge on any atom is -0.0845 e. The maximum atomic E-state index is 2.28. The van der Waals surface area contributed by atoms with Crippen LogP contribution in [0.25, 0.3) is 0 Å². The van der Waals surface area contributed by atoms with E-state index >= 15 is 0 Å². The maximum Gasteiger partial charge on any atom is -0.0257 e. The summed E-state index contributed by atoms with van der Waals surface area (Å²) in [7, 11) is 0. The molecule has 0 unspecified atom stereocenters. The molecule has 0 saturated heterocycles. The molecule has 0 atom stereocenters. The van der Waals surface area contributed by atoms with Crippen molar-refractivity contribution < 1.29 is 0 Å². The van der Waals surface area contributed by atoms with E-state index in [0.29, 0.717) is 0 Å². The van der Waals surface area contributed by atoms with Crippen LogP contribution in [0.3, 0.4) is 0 Å². The van der Waals surface area contributed by atoms with E-state index in [0.717, 1.165) is 5.92 Å². The highest BCUT2D eigenvalue weighted by Crippen LogP contribution is 2.19. The second-order valence-corrected chi connectivity index (χ2v) is 3.22. The van der Waals surface area contributed by atoms with Gasteiger partial charge in [-0.2, -0.15) is 0 Å². The Morgan fingerprint density at radius 3 is 2.90 bits per heavy atom. The van der Waals surface area contributed by atoms with Gasteiger partial charge in [0.05, 0.1) is 0 Å². The Balaban J connectivity index is 2.57. The van der Waals surface area contributed by atoms with Crippen molar-refractivity contribution in [3.8, 4) is 0 Å². The SMILES string of the molecule is CC(C)C1=CC=CCCC1. The quantitative estimate of drug-likeness (QED) is 0.518. The second-order valence-electron chi connectivity index (χ2n) is 3.22. The third-order valence-corrected chi connectivity index (χ3v) is 2.02. The van der Waals surface area contributed by atoms with E-state index in [-0.39, 0.29) is 0 Å². The van der Waals surface area contributed by atoms with Gasteiger partial charge >= 0.3 is 0 Å². The molecule has 0 fully saturated rings. The van der Waals surface area contributed by atoms with Crippen LogP contribution in [0.5, 0.6) is 0 Å². The minimum absolute atomic E-state index is 0.739. The van der Waals surface area contributed by atoms with Crippen LogP contribution in [-0.4, -0.2) is 0 Å². The van der Waals surface area contributed by atoms with E-state index in [1.165, 1.54) is 19.3 Å². The average molecular weight is 136 g/mol. The molecule has 56 valence electrons. The molecule has 0 bridgehead atoms. The number of allylic oxidation sites excluding steroid dienone is 4. The lowest BCUT2D eigenvalue weighted by molar-refractivity contribution is 0.691. The highest BCUT2D eigenvalue weighted by molar-refractivity contribution is 5.16. The fourth-order valence-corrected chi connectivity index (χ4v) is 1.28. The van der Waals surface area contributed by atoms with Crippen LogP contribution in [0, 0.1) is 5.92 Å². The smallest absolute Gasteiger partial charge is 0.0257 e. The van der Waals surface area contributed by atoms with Crippen LogP contribution in [0.2, 0.25) is 0 Å². The fourth-order valence-electron chi connectivity index (χ4n) is 1.28. The van der Waals surface area contributed by atoms with Crippen LogP contribution in [0.15, 0.2) is 23.8 Å². The second kappa shape index (κ2) is 3.60. The van der Waals surface area contributed by atoms with Gasteiger partial charge in [0.15, 0.2) is 0 Å². The molecule has 0 N–H and O–H groups in total. The van der Waals surface area contributed by atoms with Gasteiger partial charge in [0, 0.05) is 0 Å². The Hall–Kier alpha value is -0.520. The van der Waals surface area contributed by atoms with Gasteiger partial charge in [0.2, 0.25) is 0 Å². The summed E-state index contributed by atoms with van der Waals surface area (Å²) in [6.07, 6.45) is 10.6. The molecule has 0 aliphatic heterocycles. The van der Waals surface area contributed by atoms with Gasteiger partial charge in [-0.1, -0.05) is 37.6 Å². The topological polar surface area (TPSA) is 0 Å². The van der Waals surface area contributed by atoms with Gasteiger partial charge in [0.1, 0.15) is 0 Å². The van der Waals surface area contributed by atoms with E-state index < -0.39 is 0 Å². The molecule has 1 rings (SSSR count). The zero-order valence-corrected chi connectivity index (χ0v) is 6.93. The molecule has 0 aromatic carbocycles. The van der Waals surface area contributed by atoms with Crippen LogP contribution < -0.4 is 0 Å². The van der Waals surface area contributed by atoms with Crippen LogP contribution >= 0.6 is 0 Å². The monoisotopic (exact) mass is 136 g/mol. The fraction of sp³-hybridized carbons (Fsp3) is 0.600. The standard InChI is InChI=1S/C10H16/c1-9(2)10-7-5-3-4-6-8-10/h3,5,7,9H,4,6,8H2,1-2H3. The summed E-state index contributed by atoms with van der Waals surface area (Å²) < 4.78 is 0. The largest absolute Gasteiger partial charge is 0.0845 e. The third-order valence-electron chi connectivity index (χ3n) is 2.02. The molecule has 0 radical (unpaired) electrons. The lowest BCUT2D eigenvalue weighted by Crippen LogP contribution is -1.92. The van der Waals surface area contributed by atoms with Crippen molar-refractivity contribution in [1.29, 1.82) is 0 Å². The number of rotatable bonds is 1. The van der Waals surface area contributed by atoms with Gasteiger partial charge < -0.3 is 0 Å². The first-order chi connectivity index (χ1) is 4.80. The van der Waals surface area contributed by atoms with E-state index in [1.807, 2.05) is 0 Å². The molecule has 0 aromatic rings. The molecule has 0 aromatic heterocycles. The first-order valence-electron chi connectivity index (χ1n) is 4.16. The van der Waals surface area contributed by atoms with Crippen molar-refractivity contribution in [3.63, 3.8) is 0 Å². The maximum absolute atomic E-state index is 2.28. The van der Waals surface area contributed by atoms with Gasteiger partial charge in [-0.25, -0.2) is 0 Å². The zero-order valence-electron chi connectivity index (χ0n) is 6.93. The Morgan fingerprint density at radius 1 is 1.40 bits per heavy atom.